The van der Waals surface area contributed by atoms with Crippen LogP contribution in [0.2, 0.25) is 0 Å². The summed E-state index contributed by atoms with van der Waals surface area (Å²) < 4.78 is 2.20. The van der Waals surface area contributed by atoms with Crippen molar-refractivity contribution in [3.05, 3.63) is 36.2 Å². The highest BCUT2D eigenvalue weighted by atomic mass is 32.2. The van der Waals surface area contributed by atoms with Gasteiger partial charge in [0.05, 0.1) is 10.2 Å². The molecule has 96 valence electrons. The van der Waals surface area contributed by atoms with Gasteiger partial charge in [-0.25, -0.2) is 15.0 Å². The molecule has 0 radical (unpaired) electrons. The van der Waals surface area contributed by atoms with E-state index in [0.717, 1.165) is 26.3 Å². The second kappa shape index (κ2) is 5.14. The maximum atomic E-state index is 4.61. The van der Waals surface area contributed by atoms with Crippen molar-refractivity contribution < 1.29 is 0 Å². The third-order valence-corrected chi connectivity index (χ3v) is 4.93. The van der Waals surface area contributed by atoms with E-state index >= 15 is 0 Å². The molecular weight excluding hydrogens is 276 g/mol. The molecule has 3 aromatic rings. The molecule has 0 amide bonds. The summed E-state index contributed by atoms with van der Waals surface area (Å²) in [4.78, 5) is 13.1. The number of hydrogen-bond donors (Lipinski definition) is 1. The fourth-order valence-corrected chi connectivity index (χ4v) is 3.80. The molecule has 0 unspecified atom stereocenters. The van der Waals surface area contributed by atoms with Gasteiger partial charge in [0.2, 0.25) is 0 Å². The van der Waals surface area contributed by atoms with Gasteiger partial charge in [-0.3, -0.25) is 0 Å². The predicted octanol–water partition coefficient (Wildman–Crippen LogP) is 3.59. The number of aromatic nitrogens is 3. The Kier molecular flexibility index (Phi) is 3.35. The molecule has 19 heavy (non-hydrogen) atoms. The molecule has 1 N–H and O–H groups in total. The van der Waals surface area contributed by atoms with Crippen LogP contribution in [0.1, 0.15) is 5.56 Å². The molecule has 0 saturated heterocycles. The first kappa shape index (κ1) is 12.4. The monoisotopic (exact) mass is 288 g/mol. The van der Waals surface area contributed by atoms with E-state index in [1.54, 1.807) is 29.4 Å². The number of anilines is 1. The molecule has 3 rings (SSSR count). The SMILES string of the molecule is CNc1ncnc(Sc2nc3ccccc3s2)c1C. The van der Waals surface area contributed by atoms with Crippen LogP contribution < -0.4 is 5.32 Å². The molecule has 0 fully saturated rings. The number of para-hydroxylation sites is 1. The standard InChI is InChI=1S/C13H12N4S2/c1-8-11(14-2)15-7-16-12(8)19-13-17-9-5-3-4-6-10(9)18-13/h3-7H,1-2H3,(H,14,15,16). The Morgan fingerprint density at radius 3 is 2.84 bits per heavy atom. The largest absolute Gasteiger partial charge is 0.373 e. The highest BCUT2D eigenvalue weighted by Gasteiger charge is 2.10. The highest BCUT2D eigenvalue weighted by Crippen LogP contribution is 2.35. The molecule has 1 aromatic carbocycles. The molecule has 0 aliphatic rings. The van der Waals surface area contributed by atoms with Gasteiger partial charge in [-0.1, -0.05) is 12.1 Å². The number of thiazole rings is 1. The minimum Gasteiger partial charge on any atom is -0.373 e. The van der Waals surface area contributed by atoms with Crippen LogP contribution in [0.4, 0.5) is 5.82 Å². The van der Waals surface area contributed by atoms with Gasteiger partial charge in [0, 0.05) is 12.6 Å². The van der Waals surface area contributed by atoms with Crippen LogP contribution in [0.5, 0.6) is 0 Å². The first-order chi connectivity index (χ1) is 9.28. The third kappa shape index (κ3) is 2.41. The minimum atomic E-state index is 0.860. The van der Waals surface area contributed by atoms with Crippen LogP contribution in [0.3, 0.4) is 0 Å². The zero-order valence-electron chi connectivity index (χ0n) is 10.5. The van der Waals surface area contributed by atoms with Crippen LogP contribution in [0.15, 0.2) is 40.0 Å². The summed E-state index contributed by atoms with van der Waals surface area (Å²) in [5.41, 5.74) is 2.09. The lowest BCUT2D eigenvalue weighted by atomic mass is 10.3. The summed E-state index contributed by atoms with van der Waals surface area (Å²) in [6.45, 7) is 2.02. The van der Waals surface area contributed by atoms with Crippen molar-refractivity contribution in [1.82, 2.24) is 15.0 Å². The van der Waals surface area contributed by atoms with Crippen LogP contribution in [0.25, 0.3) is 10.2 Å². The van der Waals surface area contributed by atoms with E-state index < -0.39 is 0 Å². The van der Waals surface area contributed by atoms with Gasteiger partial charge >= 0.3 is 0 Å². The molecule has 0 atom stereocenters. The number of nitrogens with one attached hydrogen (secondary N) is 1. The molecule has 0 bridgehead atoms. The van der Waals surface area contributed by atoms with Crippen molar-refractivity contribution in [3.8, 4) is 0 Å². The highest BCUT2D eigenvalue weighted by molar-refractivity contribution is 8.01. The Morgan fingerprint density at radius 2 is 2.05 bits per heavy atom. The second-order valence-corrected chi connectivity index (χ2v) is 6.22. The summed E-state index contributed by atoms with van der Waals surface area (Å²) in [6.07, 6.45) is 1.58. The number of fused-ring (bicyclic) bond motifs is 1. The molecule has 2 aromatic heterocycles. The van der Waals surface area contributed by atoms with Crippen molar-refractivity contribution in [2.45, 2.75) is 16.3 Å². The summed E-state index contributed by atoms with van der Waals surface area (Å²) in [7, 11) is 1.86. The van der Waals surface area contributed by atoms with Crippen molar-refractivity contribution in [3.63, 3.8) is 0 Å². The molecule has 4 nitrogen and oxygen atoms in total. The van der Waals surface area contributed by atoms with E-state index in [9.17, 15) is 0 Å². The van der Waals surface area contributed by atoms with Gasteiger partial charge < -0.3 is 5.32 Å². The van der Waals surface area contributed by atoms with Gasteiger partial charge in [0.1, 0.15) is 17.2 Å². The predicted molar refractivity (Wildman–Crippen MR) is 80.1 cm³/mol. The fraction of sp³-hybridized carbons (Fsp3) is 0.154. The quantitative estimate of drug-likeness (QED) is 0.746. The average molecular weight is 288 g/mol. The smallest absolute Gasteiger partial charge is 0.157 e. The van der Waals surface area contributed by atoms with E-state index in [1.165, 1.54) is 4.70 Å². The van der Waals surface area contributed by atoms with Crippen molar-refractivity contribution in [2.75, 3.05) is 12.4 Å². The van der Waals surface area contributed by atoms with Gasteiger partial charge in [0.15, 0.2) is 4.34 Å². The van der Waals surface area contributed by atoms with Gasteiger partial charge in [-0.15, -0.1) is 11.3 Å². The first-order valence-electron chi connectivity index (χ1n) is 5.80. The topological polar surface area (TPSA) is 50.7 Å². The summed E-state index contributed by atoms with van der Waals surface area (Å²) in [6, 6.07) is 8.15. The lowest BCUT2D eigenvalue weighted by molar-refractivity contribution is 1.00. The maximum Gasteiger partial charge on any atom is 0.157 e. The third-order valence-electron chi connectivity index (χ3n) is 2.73. The molecule has 6 heteroatoms. The summed E-state index contributed by atoms with van der Waals surface area (Å²) in [5, 5.41) is 4.01. The van der Waals surface area contributed by atoms with E-state index in [0.29, 0.717) is 0 Å². The Morgan fingerprint density at radius 1 is 1.21 bits per heavy atom. The van der Waals surface area contributed by atoms with Gasteiger partial charge in [-0.2, -0.15) is 0 Å². The maximum absolute atomic E-state index is 4.61. The Labute approximate surface area is 119 Å². The van der Waals surface area contributed by atoms with Gasteiger partial charge in [0.25, 0.3) is 0 Å². The average Bonchev–Trinajstić information content (AvgIpc) is 2.83. The minimum absolute atomic E-state index is 0.860. The van der Waals surface area contributed by atoms with E-state index in [4.69, 9.17) is 0 Å². The van der Waals surface area contributed by atoms with E-state index in [2.05, 4.69) is 26.3 Å². The molecule has 0 spiro atoms. The molecular formula is C13H12N4S2. The number of benzene rings is 1. The van der Waals surface area contributed by atoms with Gasteiger partial charge in [-0.05, 0) is 30.8 Å². The van der Waals surface area contributed by atoms with Crippen molar-refractivity contribution in [1.29, 1.82) is 0 Å². The molecule has 0 aliphatic heterocycles. The first-order valence-corrected chi connectivity index (χ1v) is 7.44. The zero-order chi connectivity index (χ0) is 13.2. The lowest BCUT2D eigenvalue weighted by Gasteiger charge is -2.06. The molecule has 0 saturated carbocycles. The van der Waals surface area contributed by atoms with Crippen molar-refractivity contribution in [2.24, 2.45) is 0 Å². The van der Waals surface area contributed by atoms with Crippen LogP contribution >= 0.6 is 23.1 Å². The number of hydrogen-bond acceptors (Lipinski definition) is 6. The molecule has 0 aliphatic carbocycles. The van der Waals surface area contributed by atoms with Crippen LogP contribution in [-0.2, 0) is 0 Å². The van der Waals surface area contributed by atoms with Crippen LogP contribution in [-0.4, -0.2) is 22.0 Å². The van der Waals surface area contributed by atoms with Crippen LogP contribution in [0, 0.1) is 6.92 Å². The van der Waals surface area contributed by atoms with Crippen molar-refractivity contribution >= 4 is 39.1 Å². The summed E-state index contributed by atoms with van der Waals surface area (Å²) in [5.74, 6) is 0.860. The Hall–Kier alpha value is -1.66. The fourth-order valence-electron chi connectivity index (χ4n) is 1.77. The Balaban J connectivity index is 1.96. The second-order valence-electron chi connectivity index (χ2n) is 3.95. The Bertz CT molecular complexity index is 690. The summed E-state index contributed by atoms with van der Waals surface area (Å²) >= 11 is 3.27. The number of nitrogens with zero attached hydrogens (tertiary/aromatic N) is 3. The molecule has 2 heterocycles. The van der Waals surface area contributed by atoms with E-state index in [-0.39, 0.29) is 0 Å². The zero-order valence-corrected chi connectivity index (χ0v) is 12.2. The van der Waals surface area contributed by atoms with E-state index in [1.807, 2.05) is 32.2 Å². The number of rotatable bonds is 3. The lowest BCUT2D eigenvalue weighted by Crippen LogP contribution is -1.98. The normalized spacial score (nSPS) is 10.8.